The molecule has 5 rings (SSSR count). The Balaban J connectivity index is 1.25. The number of benzene rings is 1. The molecule has 2 atom stereocenters. The number of rotatable bonds is 7. The molecule has 2 amide bonds. The van der Waals surface area contributed by atoms with Gasteiger partial charge in [-0.25, -0.2) is 4.98 Å². The summed E-state index contributed by atoms with van der Waals surface area (Å²) in [7, 11) is 1.64. The Hall–Kier alpha value is -3.64. The van der Waals surface area contributed by atoms with Gasteiger partial charge in [0.05, 0.1) is 25.5 Å². The van der Waals surface area contributed by atoms with Crippen LogP contribution in [0.4, 0.5) is 5.00 Å². The molecule has 0 spiro atoms. The number of para-hydroxylation sites is 1. The Bertz CT molecular complexity index is 1260. The minimum Gasteiger partial charge on any atom is -0.496 e. The van der Waals surface area contributed by atoms with Crippen LogP contribution in [0.3, 0.4) is 0 Å². The van der Waals surface area contributed by atoms with Crippen LogP contribution in [-0.2, 0) is 29.1 Å². The number of nitrogens with zero attached hydrogens (tertiary/aromatic N) is 4. The maximum Gasteiger partial charge on any atom is 0.228 e. The Morgan fingerprint density at radius 2 is 2.21 bits per heavy atom. The zero-order valence-electron chi connectivity index (χ0n) is 18.9. The lowest BCUT2D eigenvalue weighted by Crippen LogP contribution is -2.35. The van der Waals surface area contributed by atoms with Crippen LogP contribution < -0.4 is 10.1 Å². The van der Waals surface area contributed by atoms with Gasteiger partial charge in [0, 0.05) is 42.7 Å². The van der Waals surface area contributed by atoms with E-state index in [1.165, 1.54) is 11.3 Å². The maximum absolute atomic E-state index is 13.0. The highest BCUT2D eigenvalue weighted by molar-refractivity contribution is 7.16. The van der Waals surface area contributed by atoms with Crippen LogP contribution in [0, 0.1) is 17.2 Å². The summed E-state index contributed by atoms with van der Waals surface area (Å²) in [5.41, 5.74) is 2.54. The van der Waals surface area contributed by atoms with Crippen molar-refractivity contribution in [2.45, 2.75) is 38.3 Å². The summed E-state index contributed by atoms with van der Waals surface area (Å²) in [5, 5.41) is 13.4. The first-order chi connectivity index (χ1) is 16.6. The SMILES string of the molecule is COc1ccccc1C1CC1C(=O)Nc1sc2c(c1C#N)CCN(C(=O)CCn1ccnc1)C2. The molecule has 0 bridgehead atoms. The van der Waals surface area contributed by atoms with E-state index in [2.05, 4.69) is 16.4 Å². The monoisotopic (exact) mass is 475 g/mol. The molecule has 34 heavy (non-hydrogen) atoms. The molecule has 0 saturated heterocycles. The number of ether oxygens (including phenoxy) is 1. The lowest BCUT2D eigenvalue weighted by Gasteiger charge is -2.27. The van der Waals surface area contributed by atoms with E-state index in [9.17, 15) is 14.9 Å². The number of anilines is 1. The number of amides is 2. The molecule has 1 saturated carbocycles. The van der Waals surface area contributed by atoms with Crippen LogP contribution in [-0.4, -0.2) is 39.9 Å². The topological polar surface area (TPSA) is 100 Å². The Morgan fingerprint density at radius 1 is 1.35 bits per heavy atom. The molecule has 2 unspecified atom stereocenters. The third-order valence-corrected chi connectivity index (χ3v) is 7.70. The molecule has 0 radical (unpaired) electrons. The average molecular weight is 476 g/mol. The van der Waals surface area contributed by atoms with Gasteiger partial charge in [-0.15, -0.1) is 11.3 Å². The number of carbonyl (C=O) groups excluding carboxylic acids is 2. The number of aryl methyl sites for hydroxylation is 1. The number of imidazole rings is 1. The van der Waals surface area contributed by atoms with Crippen LogP contribution in [0.5, 0.6) is 5.75 Å². The highest BCUT2D eigenvalue weighted by Crippen LogP contribution is 2.51. The Kier molecular flexibility index (Phi) is 6.07. The highest BCUT2D eigenvalue weighted by Gasteiger charge is 2.45. The lowest BCUT2D eigenvalue weighted by atomic mass is 10.0. The number of nitriles is 1. The molecule has 1 N–H and O–H groups in total. The van der Waals surface area contributed by atoms with Crippen LogP contribution in [0.1, 0.15) is 40.3 Å². The molecule has 8 nitrogen and oxygen atoms in total. The van der Waals surface area contributed by atoms with Gasteiger partial charge in [-0.3, -0.25) is 9.59 Å². The van der Waals surface area contributed by atoms with Gasteiger partial charge in [-0.2, -0.15) is 5.26 Å². The fourth-order valence-corrected chi connectivity index (χ4v) is 5.85. The minimum absolute atomic E-state index is 0.0701. The summed E-state index contributed by atoms with van der Waals surface area (Å²) >= 11 is 1.41. The number of aromatic nitrogens is 2. The molecule has 3 aromatic rings. The van der Waals surface area contributed by atoms with Crippen molar-refractivity contribution in [2.24, 2.45) is 5.92 Å². The summed E-state index contributed by atoms with van der Waals surface area (Å²) in [6, 6.07) is 10.1. The summed E-state index contributed by atoms with van der Waals surface area (Å²) in [6.07, 6.45) is 7.02. The Morgan fingerprint density at radius 3 is 2.97 bits per heavy atom. The van der Waals surface area contributed by atoms with E-state index < -0.39 is 0 Å². The third kappa shape index (κ3) is 4.29. The molecule has 174 valence electrons. The van der Waals surface area contributed by atoms with E-state index in [1.54, 1.807) is 19.6 Å². The van der Waals surface area contributed by atoms with Crippen molar-refractivity contribution < 1.29 is 14.3 Å². The van der Waals surface area contributed by atoms with Gasteiger partial charge in [-0.1, -0.05) is 18.2 Å². The fourth-order valence-electron chi connectivity index (χ4n) is 4.63. The van der Waals surface area contributed by atoms with Crippen molar-refractivity contribution in [1.82, 2.24) is 14.5 Å². The lowest BCUT2D eigenvalue weighted by molar-refractivity contribution is -0.132. The number of nitrogens with one attached hydrogen (secondary N) is 1. The van der Waals surface area contributed by atoms with Gasteiger partial charge in [0.25, 0.3) is 0 Å². The second-order valence-electron chi connectivity index (χ2n) is 8.62. The predicted molar refractivity (Wildman–Crippen MR) is 127 cm³/mol. The van der Waals surface area contributed by atoms with Crippen LogP contribution >= 0.6 is 11.3 Å². The first-order valence-electron chi connectivity index (χ1n) is 11.3. The zero-order chi connectivity index (χ0) is 23.7. The van der Waals surface area contributed by atoms with E-state index in [4.69, 9.17) is 4.74 Å². The number of hydrogen-bond donors (Lipinski definition) is 1. The molecular weight excluding hydrogens is 450 g/mol. The summed E-state index contributed by atoms with van der Waals surface area (Å²) < 4.78 is 7.33. The second-order valence-corrected chi connectivity index (χ2v) is 9.72. The first kappa shape index (κ1) is 22.2. The number of fused-ring (bicyclic) bond motifs is 1. The quantitative estimate of drug-likeness (QED) is 0.563. The minimum atomic E-state index is -0.136. The number of methoxy groups -OCH3 is 1. The number of carbonyl (C=O) groups is 2. The molecule has 1 aliphatic heterocycles. The van der Waals surface area contributed by atoms with Crippen molar-refractivity contribution in [3.05, 3.63) is 64.6 Å². The van der Waals surface area contributed by atoms with Gasteiger partial charge >= 0.3 is 0 Å². The van der Waals surface area contributed by atoms with E-state index >= 15 is 0 Å². The molecule has 2 aromatic heterocycles. The standard InChI is InChI=1S/C25H25N5O3S/c1-33-21-5-3-2-4-16(21)18-12-19(18)24(32)28-25-20(13-26)17-6-10-30(14-22(17)34-25)23(31)7-9-29-11-8-27-15-29/h2-5,8,11,15,18-19H,6-7,9-10,12,14H2,1H3,(H,28,32). The Labute approximate surface area is 201 Å². The third-order valence-electron chi connectivity index (χ3n) is 6.57. The van der Waals surface area contributed by atoms with Crippen molar-refractivity contribution in [2.75, 3.05) is 19.0 Å². The van der Waals surface area contributed by atoms with Crippen LogP contribution in [0.25, 0.3) is 0 Å². The van der Waals surface area contributed by atoms with Crippen molar-refractivity contribution in [1.29, 1.82) is 5.26 Å². The van der Waals surface area contributed by atoms with Crippen molar-refractivity contribution in [3.8, 4) is 11.8 Å². The molecule has 1 fully saturated rings. The normalized spacial score (nSPS) is 18.6. The molecule has 1 aliphatic carbocycles. The number of thiophene rings is 1. The van der Waals surface area contributed by atoms with E-state index in [0.717, 1.165) is 28.2 Å². The molecule has 1 aromatic carbocycles. The predicted octanol–water partition coefficient (Wildman–Crippen LogP) is 3.54. The zero-order valence-corrected chi connectivity index (χ0v) is 19.7. The van der Waals surface area contributed by atoms with E-state index in [0.29, 0.717) is 43.0 Å². The van der Waals surface area contributed by atoms with E-state index in [1.807, 2.05) is 39.9 Å². The summed E-state index contributed by atoms with van der Waals surface area (Å²) in [5.74, 6) is 0.793. The maximum atomic E-state index is 13.0. The molecule has 3 heterocycles. The van der Waals surface area contributed by atoms with Crippen molar-refractivity contribution in [3.63, 3.8) is 0 Å². The van der Waals surface area contributed by atoms with Crippen LogP contribution in [0.2, 0.25) is 0 Å². The van der Waals surface area contributed by atoms with Gasteiger partial charge in [0.1, 0.15) is 16.8 Å². The van der Waals surface area contributed by atoms with Gasteiger partial charge in [0.15, 0.2) is 0 Å². The van der Waals surface area contributed by atoms with Gasteiger partial charge in [0.2, 0.25) is 11.8 Å². The second kappa shape index (κ2) is 9.31. The smallest absolute Gasteiger partial charge is 0.228 e. The summed E-state index contributed by atoms with van der Waals surface area (Å²) in [6.45, 7) is 1.64. The summed E-state index contributed by atoms with van der Waals surface area (Å²) in [4.78, 5) is 32.5. The molecular formula is C25H25N5O3S. The van der Waals surface area contributed by atoms with Crippen LogP contribution in [0.15, 0.2) is 43.0 Å². The van der Waals surface area contributed by atoms with E-state index in [-0.39, 0.29) is 23.7 Å². The largest absolute Gasteiger partial charge is 0.496 e. The average Bonchev–Trinajstić information content (AvgIpc) is 3.33. The van der Waals surface area contributed by atoms with Crippen molar-refractivity contribution >= 4 is 28.2 Å². The fraction of sp³-hybridized carbons (Fsp3) is 0.360. The molecule has 9 heteroatoms. The van der Waals surface area contributed by atoms with Gasteiger partial charge in [-0.05, 0) is 36.0 Å². The number of hydrogen-bond acceptors (Lipinski definition) is 6. The molecule has 2 aliphatic rings. The van der Waals surface area contributed by atoms with Gasteiger partial charge < -0.3 is 19.5 Å². The highest BCUT2D eigenvalue weighted by atomic mass is 32.1. The first-order valence-corrected chi connectivity index (χ1v) is 12.1.